The highest BCUT2D eigenvalue weighted by Gasteiger charge is 2.16. The summed E-state index contributed by atoms with van der Waals surface area (Å²) in [6.45, 7) is 0. The SMILES string of the molecule is NC(CCC(N)C(=O)O)C(=O)O. The number of nitrogens with two attached hydrogens (primary N) is 2. The number of hydrogen-bond acceptors (Lipinski definition) is 4. The van der Waals surface area contributed by atoms with Gasteiger partial charge in [0.05, 0.1) is 0 Å². The van der Waals surface area contributed by atoms with E-state index in [1.807, 2.05) is 0 Å². The van der Waals surface area contributed by atoms with Gasteiger partial charge in [0.1, 0.15) is 12.1 Å². The number of hydrogen-bond donors (Lipinski definition) is 4. The van der Waals surface area contributed by atoms with Crippen molar-refractivity contribution < 1.29 is 19.8 Å². The first kappa shape index (κ1) is 10.9. The second-order valence-corrected chi connectivity index (χ2v) is 2.47. The number of carbonyl (C=O) groups is 2. The minimum absolute atomic E-state index is 0.0722. The van der Waals surface area contributed by atoms with Crippen LogP contribution in [0.3, 0.4) is 0 Å². The lowest BCUT2D eigenvalue weighted by molar-refractivity contribution is -0.141. The van der Waals surface area contributed by atoms with Crippen molar-refractivity contribution in [3.63, 3.8) is 0 Å². The first-order valence-corrected chi connectivity index (χ1v) is 3.42. The molecule has 0 heterocycles. The summed E-state index contributed by atoms with van der Waals surface area (Å²) in [7, 11) is 0. The maximum atomic E-state index is 10.2. The van der Waals surface area contributed by atoms with Crippen molar-refractivity contribution in [2.75, 3.05) is 0 Å². The largest absolute Gasteiger partial charge is 0.480 e. The Hall–Kier alpha value is -1.14. The molecule has 0 bridgehead atoms. The summed E-state index contributed by atoms with van der Waals surface area (Å²) in [4.78, 5) is 20.3. The van der Waals surface area contributed by atoms with Gasteiger partial charge in [0.25, 0.3) is 0 Å². The lowest BCUT2D eigenvalue weighted by Crippen LogP contribution is -2.35. The fourth-order valence-electron chi connectivity index (χ4n) is 0.606. The molecule has 0 aliphatic carbocycles. The Kier molecular flexibility index (Phi) is 4.24. The van der Waals surface area contributed by atoms with Crippen LogP contribution in [-0.4, -0.2) is 34.2 Å². The molecule has 2 atom stereocenters. The standard InChI is InChI=1S/C6H12N2O4/c7-3(5(9)10)1-2-4(8)6(11)12/h3-4H,1-2,7-8H2,(H,9,10)(H,11,12). The molecular formula is C6H12N2O4. The quantitative estimate of drug-likeness (QED) is 0.407. The van der Waals surface area contributed by atoms with Crippen LogP contribution >= 0.6 is 0 Å². The van der Waals surface area contributed by atoms with E-state index in [9.17, 15) is 9.59 Å². The highest BCUT2D eigenvalue weighted by molar-refractivity contribution is 5.74. The van der Waals surface area contributed by atoms with Gasteiger partial charge in [-0.2, -0.15) is 0 Å². The molecule has 6 heteroatoms. The molecule has 0 radical (unpaired) electrons. The van der Waals surface area contributed by atoms with E-state index in [0.29, 0.717) is 0 Å². The van der Waals surface area contributed by atoms with Crippen molar-refractivity contribution >= 4 is 11.9 Å². The maximum Gasteiger partial charge on any atom is 0.320 e. The van der Waals surface area contributed by atoms with Gasteiger partial charge < -0.3 is 21.7 Å². The van der Waals surface area contributed by atoms with E-state index < -0.39 is 24.0 Å². The molecule has 6 nitrogen and oxygen atoms in total. The van der Waals surface area contributed by atoms with Gasteiger partial charge in [0.15, 0.2) is 0 Å². The zero-order chi connectivity index (χ0) is 9.72. The van der Waals surface area contributed by atoms with E-state index in [0.717, 1.165) is 0 Å². The second-order valence-electron chi connectivity index (χ2n) is 2.47. The normalized spacial score (nSPS) is 15.2. The summed E-state index contributed by atoms with van der Waals surface area (Å²) in [5.74, 6) is -2.29. The van der Waals surface area contributed by atoms with Crippen molar-refractivity contribution in [1.29, 1.82) is 0 Å². The van der Waals surface area contributed by atoms with Gasteiger partial charge >= 0.3 is 11.9 Å². The summed E-state index contributed by atoms with van der Waals surface area (Å²) in [5, 5.41) is 16.6. The zero-order valence-corrected chi connectivity index (χ0v) is 6.43. The smallest absolute Gasteiger partial charge is 0.320 e. The number of carboxylic acids is 2. The Balaban J connectivity index is 3.68. The Morgan fingerprint density at radius 2 is 1.25 bits per heavy atom. The molecule has 0 saturated carbocycles. The van der Waals surface area contributed by atoms with Gasteiger partial charge in [0.2, 0.25) is 0 Å². The van der Waals surface area contributed by atoms with Gasteiger partial charge in [-0.1, -0.05) is 0 Å². The molecule has 0 aromatic carbocycles. The molecule has 0 aromatic heterocycles. The zero-order valence-electron chi connectivity index (χ0n) is 6.43. The third-order valence-electron chi connectivity index (χ3n) is 1.42. The topological polar surface area (TPSA) is 127 Å². The molecule has 0 fully saturated rings. The van der Waals surface area contributed by atoms with Gasteiger partial charge in [-0.05, 0) is 12.8 Å². The van der Waals surface area contributed by atoms with E-state index in [2.05, 4.69) is 0 Å². The fourth-order valence-corrected chi connectivity index (χ4v) is 0.606. The van der Waals surface area contributed by atoms with Gasteiger partial charge in [0, 0.05) is 0 Å². The van der Waals surface area contributed by atoms with Crippen LogP contribution < -0.4 is 11.5 Å². The summed E-state index contributed by atoms with van der Waals surface area (Å²) in [6.07, 6.45) is 0.144. The minimum Gasteiger partial charge on any atom is -0.480 e. The number of rotatable bonds is 5. The average Bonchev–Trinajstić information content (AvgIpc) is 1.98. The first-order valence-electron chi connectivity index (χ1n) is 3.42. The van der Waals surface area contributed by atoms with Crippen molar-refractivity contribution in [2.45, 2.75) is 24.9 Å². The maximum absolute atomic E-state index is 10.2. The average molecular weight is 176 g/mol. The third-order valence-corrected chi connectivity index (χ3v) is 1.42. The van der Waals surface area contributed by atoms with E-state index in [1.165, 1.54) is 0 Å². The summed E-state index contributed by atoms with van der Waals surface area (Å²) >= 11 is 0. The first-order chi connectivity index (χ1) is 5.45. The molecule has 12 heavy (non-hydrogen) atoms. The molecule has 6 N–H and O–H groups in total. The second kappa shape index (κ2) is 4.68. The van der Waals surface area contributed by atoms with Gasteiger partial charge in [-0.3, -0.25) is 9.59 Å². The van der Waals surface area contributed by atoms with Gasteiger partial charge in [-0.25, -0.2) is 0 Å². The lowest BCUT2D eigenvalue weighted by atomic mass is 10.1. The predicted octanol–water partition coefficient (Wildman–Crippen LogP) is -1.41. The Morgan fingerprint density at radius 1 is 1.00 bits per heavy atom. The minimum atomic E-state index is -1.15. The van der Waals surface area contributed by atoms with Crippen molar-refractivity contribution in [3.05, 3.63) is 0 Å². The molecule has 0 spiro atoms. The molecule has 0 rings (SSSR count). The van der Waals surface area contributed by atoms with Crippen LogP contribution in [0.25, 0.3) is 0 Å². The van der Waals surface area contributed by atoms with Crippen LogP contribution in [0.1, 0.15) is 12.8 Å². The Morgan fingerprint density at radius 3 is 1.42 bits per heavy atom. The third kappa shape index (κ3) is 3.89. The summed E-state index contributed by atoms with van der Waals surface area (Å²) in [5.41, 5.74) is 10.2. The van der Waals surface area contributed by atoms with Crippen molar-refractivity contribution in [2.24, 2.45) is 11.5 Å². The number of aliphatic carboxylic acids is 2. The Bertz CT molecular complexity index is 162. The van der Waals surface area contributed by atoms with Gasteiger partial charge in [-0.15, -0.1) is 0 Å². The molecular weight excluding hydrogens is 164 g/mol. The van der Waals surface area contributed by atoms with Crippen molar-refractivity contribution in [1.82, 2.24) is 0 Å². The number of carboxylic acid groups (broad SMARTS) is 2. The molecule has 0 aliphatic rings. The molecule has 0 amide bonds. The summed E-state index contributed by atoms with van der Waals surface area (Å²) in [6, 6.07) is -2.06. The van der Waals surface area contributed by atoms with E-state index in [-0.39, 0.29) is 12.8 Å². The Labute approximate surface area is 69.2 Å². The van der Waals surface area contributed by atoms with Crippen molar-refractivity contribution in [3.8, 4) is 0 Å². The fraction of sp³-hybridized carbons (Fsp3) is 0.667. The van der Waals surface area contributed by atoms with Crippen LogP contribution in [0, 0.1) is 0 Å². The monoisotopic (exact) mass is 176 g/mol. The molecule has 0 aromatic rings. The lowest BCUT2D eigenvalue weighted by Gasteiger charge is -2.08. The van der Waals surface area contributed by atoms with Crippen LogP contribution in [0.4, 0.5) is 0 Å². The molecule has 0 saturated heterocycles. The molecule has 2 unspecified atom stereocenters. The van der Waals surface area contributed by atoms with E-state index in [1.54, 1.807) is 0 Å². The highest BCUT2D eigenvalue weighted by Crippen LogP contribution is 1.98. The molecule has 0 aliphatic heterocycles. The van der Waals surface area contributed by atoms with Crippen LogP contribution in [0.15, 0.2) is 0 Å². The highest BCUT2D eigenvalue weighted by atomic mass is 16.4. The summed E-state index contributed by atoms with van der Waals surface area (Å²) < 4.78 is 0. The van der Waals surface area contributed by atoms with E-state index in [4.69, 9.17) is 21.7 Å². The van der Waals surface area contributed by atoms with E-state index >= 15 is 0 Å². The molecule has 70 valence electrons. The van der Waals surface area contributed by atoms with Crippen LogP contribution in [0.2, 0.25) is 0 Å². The van der Waals surface area contributed by atoms with Crippen LogP contribution in [0.5, 0.6) is 0 Å². The predicted molar refractivity (Wildman–Crippen MR) is 40.5 cm³/mol. The van der Waals surface area contributed by atoms with Crippen LogP contribution in [-0.2, 0) is 9.59 Å².